The second kappa shape index (κ2) is 9.97. The van der Waals surface area contributed by atoms with Crippen LogP contribution in [0.1, 0.15) is 28.1 Å². The van der Waals surface area contributed by atoms with Gasteiger partial charge in [-0.25, -0.2) is 19.4 Å². The van der Waals surface area contributed by atoms with Gasteiger partial charge in [0.15, 0.2) is 5.96 Å². The highest BCUT2D eigenvalue weighted by Gasteiger charge is 2.05. The molecule has 0 atom stereocenters. The lowest BCUT2D eigenvalue weighted by molar-refractivity contribution is 0.457. The Morgan fingerprint density at radius 3 is 2.72 bits per heavy atom. The first-order valence-corrected chi connectivity index (χ1v) is 10.2. The summed E-state index contributed by atoms with van der Waals surface area (Å²) < 4.78 is 18.8. The van der Waals surface area contributed by atoms with E-state index in [0.717, 1.165) is 28.8 Å². The van der Waals surface area contributed by atoms with E-state index < -0.39 is 0 Å². The fourth-order valence-electron chi connectivity index (χ4n) is 2.50. The number of hydrogen-bond acceptors (Lipinski definition) is 5. The number of halogens is 1. The molecule has 2 N–H and O–H groups in total. The van der Waals surface area contributed by atoms with Crippen LogP contribution in [0.25, 0.3) is 0 Å². The number of nitrogens with zero attached hydrogens (tertiary/aromatic N) is 3. The molecule has 3 rings (SSSR count). The molecular weight excluding hydrogens is 389 g/mol. The SMILES string of the molecule is CCNC(=NCc1ccc(Oc2cccc(F)c2)nc1)NCc1nc(C)c(C)s1. The van der Waals surface area contributed by atoms with Gasteiger partial charge < -0.3 is 15.4 Å². The van der Waals surface area contributed by atoms with Crippen molar-refractivity contribution in [3.8, 4) is 11.6 Å². The molecule has 0 unspecified atom stereocenters. The van der Waals surface area contributed by atoms with Crippen molar-refractivity contribution in [1.82, 2.24) is 20.6 Å². The summed E-state index contributed by atoms with van der Waals surface area (Å²) in [5.41, 5.74) is 2.01. The van der Waals surface area contributed by atoms with Gasteiger partial charge in [-0.3, -0.25) is 0 Å². The van der Waals surface area contributed by atoms with E-state index in [2.05, 4.69) is 32.5 Å². The number of aromatic nitrogens is 2. The first-order valence-electron chi connectivity index (χ1n) is 9.37. The van der Waals surface area contributed by atoms with E-state index in [1.165, 1.54) is 17.0 Å². The lowest BCUT2D eigenvalue weighted by atomic mass is 10.3. The number of benzene rings is 1. The topological polar surface area (TPSA) is 71.4 Å². The predicted octanol–water partition coefficient (Wildman–Crippen LogP) is 4.34. The Balaban J connectivity index is 1.58. The fraction of sp³-hybridized carbons (Fsp3) is 0.286. The number of rotatable bonds is 7. The Morgan fingerprint density at radius 2 is 2.07 bits per heavy atom. The average Bonchev–Trinajstić information content (AvgIpc) is 3.03. The lowest BCUT2D eigenvalue weighted by Gasteiger charge is -2.10. The van der Waals surface area contributed by atoms with Gasteiger partial charge in [-0.05, 0) is 38.5 Å². The van der Waals surface area contributed by atoms with E-state index in [-0.39, 0.29) is 5.82 Å². The van der Waals surface area contributed by atoms with Gasteiger partial charge in [0.05, 0.1) is 18.8 Å². The van der Waals surface area contributed by atoms with Gasteiger partial charge in [0, 0.05) is 29.8 Å². The molecular formula is C21H24FN5OS. The van der Waals surface area contributed by atoms with E-state index in [4.69, 9.17) is 4.74 Å². The molecule has 6 nitrogen and oxygen atoms in total. The lowest BCUT2D eigenvalue weighted by Crippen LogP contribution is -2.36. The molecule has 0 aliphatic heterocycles. The number of nitrogens with one attached hydrogen (secondary N) is 2. The molecule has 0 aliphatic rings. The van der Waals surface area contributed by atoms with E-state index in [9.17, 15) is 4.39 Å². The van der Waals surface area contributed by atoms with Gasteiger partial charge in [-0.1, -0.05) is 12.1 Å². The zero-order valence-corrected chi connectivity index (χ0v) is 17.5. The monoisotopic (exact) mass is 413 g/mol. The van der Waals surface area contributed by atoms with Crippen LogP contribution in [-0.2, 0) is 13.1 Å². The summed E-state index contributed by atoms with van der Waals surface area (Å²) in [6, 6.07) is 9.60. The third kappa shape index (κ3) is 6.25. The maximum atomic E-state index is 13.2. The van der Waals surface area contributed by atoms with Crippen molar-refractivity contribution < 1.29 is 9.13 Å². The van der Waals surface area contributed by atoms with Crippen LogP contribution < -0.4 is 15.4 Å². The Labute approximate surface area is 173 Å². The second-order valence-corrected chi connectivity index (χ2v) is 7.65. The third-order valence-corrected chi connectivity index (χ3v) is 5.13. The van der Waals surface area contributed by atoms with E-state index in [1.807, 2.05) is 19.9 Å². The predicted molar refractivity (Wildman–Crippen MR) is 114 cm³/mol. The van der Waals surface area contributed by atoms with Crippen molar-refractivity contribution in [3.63, 3.8) is 0 Å². The largest absolute Gasteiger partial charge is 0.439 e. The van der Waals surface area contributed by atoms with Crippen molar-refractivity contribution in [2.75, 3.05) is 6.54 Å². The molecule has 0 aliphatic carbocycles. The fourth-order valence-corrected chi connectivity index (χ4v) is 3.38. The average molecular weight is 414 g/mol. The Kier molecular flexibility index (Phi) is 7.13. The van der Waals surface area contributed by atoms with Gasteiger partial charge in [0.25, 0.3) is 0 Å². The molecule has 29 heavy (non-hydrogen) atoms. The van der Waals surface area contributed by atoms with Gasteiger partial charge in [0.2, 0.25) is 5.88 Å². The summed E-state index contributed by atoms with van der Waals surface area (Å²) in [5, 5.41) is 7.57. The van der Waals surface area contributed by atoms with Crippen molar-refractivity contribution in [3.05, 3.63) is 69.6 Å². The molecule has 2 heterocycles. The van der Waals surface area contributed by atoms with Gasteiger partial charge in [0.1, 0.15) is 16.6 Å². The second-order valence-electron chi connectivity index (χ2n) is 6.36. The minimum Gasteiger partial charge on any atom is -0.439 e. The van der Waals surface area contributed by atoms with Crippen LogP contribution in [0.2, 0.25) is 0 Å². The van der Waals surface area contributed by atoms with Crippen LogP contribution in [0.5, 0.6) is 11.6 Å². The first kappa shape index (κ1) is 20.7. The van der Waals surface area contributed by atoms with E-state index in [1.54, 1.807) is 35.7 Å². The standard InChI is InChI=1S/C21H24FN5OS/c1-4-23-21(26-13-20-27-14(2)15(3)29-20)25-12-16-8-9-19(24-11-16)28-18-7-5-6-17(22)10-18/h5-11H,4,12-13H2,1-3H3,(H2,23,25,26). The molecule has 0 saturated heterocycles. The van der Waals surface area contributed by atoms with Gasteiger partial charge in [-0.2, -0.15) is 0 Å². The Hall–Kier alpha value is -3.00. The van der Waals surface area contributed by atoms with E-state index in [0.29, 0.717) is 24.7 Å². The van der Waals surface area contributed by atoms with Crippen LogP contribution in [0.3, 0.4) is 0 Å². The summed E-state index contributed by atoms with van der Waals surface area (Å²) in [7, 11) is 0. The number of thiazole rings is 1. The number of aryl methyl sites for hydroxylation is 2. The third-order valence-electron chi connectivity index (χ3n) is 4.06. The summed E-state index contributed by atoms with van der Waals surface area (Å²) in [6.45, 7) is 7.98. The molecule has 0 fully saturated rings. The first-order chi connectivity index (χ1) is 14.0. The van der Waals surface area contributed by atoms with Crippen molar-refractivity contribution in [2.24, 2.45) is 4.99 Å². The molecule has 0 spiro atoms. The number of hydrogen-bond donors (Lipinski definition) is 2. The van der Waals surface area contributed by atoms with E-state index >= 15 is 0 Å². The van der Waals surface area contributed by atoms with Crippen LogP contribution in [0.15, 0.2) is 47.6 Å². The summed E-state index contributed by atoms with van der Waals surface area (Å²) >= 11 is 1.69. The summed E-state index contributed by atoms with van der Waals surface area (Å²) in [6.07, 6.45) is 1.70. The number of pyridine rings is 1. The highest BCUT2D eigenvalue weighted by molar-refractivity contribution is 7.11. The van der Waals surface area contributed by atoms with Gasteiger partial charge in [-0.15, -0.1) is 11.3 Å². The molecule has 152 valence electrons. The maximum Gasteiger partial charge on any atom is 0.219 e. The molecule has 3 aromatic rings. The highest BCUT2D eigenvalue weighted by Crippen LogP contribution is 2.20. The Bertz CT molecular complexity index is 952. The normalized spacial score (nSPS) is 11.4. The molecule has 1 aromatic carbocycles. The zero-order valence-electron chi connectivity index (χ0n) is 16.7. The minimum absolute atomic E-state index is 0.347. The highest BCUT2D eigenvalue weighted by atomic mass is 32.1. The summed E-state index contributed by atoms with van der Waals surface area (Å²) in [5.74, 6) is 1.19. The minimum atomic E-state index is -0.347. The van der Waals surface area contributed by atoms with Crippen LogP contribution >= 0.6 is 11.3 Å². The van der Waals surface area contributed by atoms with Crippen molar-refractivity contribution in [1.29, 1.82) is 0 Å². The molecule has 2 aromatic heterocycles. The summed E-state index contributed by atoms with van der Waals surface area (Å²) in [4.78, 5) is 14.6. The molecule has 0 amide bonds. The quantitative estimate of drug-likeness (QED) is 0.445. The van der Waals surface area contributed by atoms with Crippen LogP contribution in [0.4, 0.5) is 4.39 Å². The van der Waals surface area contributed by atoms with Crippen molar-refractivity contribution in [2.45, 2.75) is 33.9 Å². The van der Waals surface area contributed by atoms with Crippen molar-refractivity contribution >= 4 is 17.3 Å². The number of aliphatic imine (C=N–C) groups is 1. The van der Waals surface area contributed by atoms with Gasteiger partial charge >= 0.3 is 0 Å². The zero-order chi connectivity index (χ0) is 20.6. The Morgan fingerprint density at radius 1 is 1.21 bits per heavy atom. The number of guanidine groups is 1. The maximum absolute atomic E-state index is 13.2. The molecule has 0 saturated carbocycles. The molecule has 8 heteroatoms. The molecule has 0 bridgehead atoms. The number of ether oxygens (including phenoxy) is 1. The van der Waals surface area contributed by atoms with Crippen LogP contribution in [-0.4, -0.2) is 22.5 Å². The molecule has 0 radical (unpaired) electrons. The van der Waals surface area contributed by atoms with Crippen LogP contribution in [0, 0.1) is 19.7 Å². The smallest absolute Gasteiger partial charge is 0.219 e.